The summed E-state index contributed by atoms with van der Waals surface area (Å²) >= 11 is 5.85. The second-order valence-corrected chi connectivity index (χ2v) is 7.28. The van der Waals surface area contributed by atoms with Crippen molar-refractivity contribution in [2.75, 3.05) is 25.5 Å². The van der Waals surface area contributed by atoms with E-state index in [4.69, 9.17) is 21.1 Å². The predicted molar refractivity (Wildman–Crippen MR) is 108 cm³/mol. The Morgan fingerprint density at radius 2 is 1.67 bits per heavy atom. The highest BCUT2D eigenvalue weighted by atomic mass is 35.5. The Labute approximate surface area is 165 Å². The van der Waals surface area contributed by atoms with Crippen molar-refractivity contribution < 1.29 is 14.3 Å². The van der Waals surface area contributed by atoms with Crippen molar-refractivity contribution >= 4 is 23.2 Å². The molecule has 1 fully saturated rings. The first kappa shape index (κ1) is 19.5. The third-order valence-corrected chi connectivity index (χ3v) is 4.84. The largest absolute Gasteiger partial charge is 0.490 e. The number of benzene rings is 2. The number of ether oxygens (including phenoxy) is 2. The van der Waals surface area contributed by atoms with Gasteiger partial charge < -0.3 is 19.7 Å². The lowest BCUT2D eigenvalue weighted by Crippen LogP contribution is -2.35. The highest BCUT2D eigenvalue weighted by molar-refractivity contribution is 6.30. The monoisotopic (exact) mass is 388 g/mol. The normalized spacial score (nSPS) is 16.6. The van der Waals surface area contributed by atoms with Gasteiger partial charge in [-0.25, -0.2) is 0 Å². The molecular weight excluding hydrogens is 364 g/mol. The topological polar surface area (TPSA) is 50.8 Å². The van der Waals surface area contributed by atoms with Crippen LogP contribution in [0.15, 0.2) is 48.5 Å². The van der Waals surface area contributed by atoms with Crippen LogP contribution < -0.4 is 14.8 Å². The average Bonchev–Trinajstić information content (AvgIpc) is 2.67. The summed E-state index contributed by atoms with van der Waals surface area (Å²) in [6.45, 7) is 3.83. The van der Waals surface area contributed by atoms with Crippen LogP contribution in [0, 0.1) is 0 Å². The Balaban J connectivity index is 1.49. The Hall–Kier alpha value is -2.24. The molecule has 3 rings (SSSR count). The van der Waals surface area contributed by atoms with Gasteiger partial charge in [-0.1, -0.05) is 11.6 Å². The van der Waals surface area contributed by atoms with Gasteiger partial charge in [-0.2, -0.15) is 0 Å². The molecule has 1 unspecified atom stereocenters. The highest BCUT2D eigenvalue weighted by Crippen LogP contribution is 2.21. The van der Waals surface area contributed by atoms with Gasteiger partial charge in [0.25, 0.3) is 5.91 Å². The standard InChI is InChI=1S/C21H25ClN2O3/c1-15(26-18-7-3-16(22)4-8-18)21(25)23-17-5-9-19(10-6-17)27-20-11-13-24(2)14-12-20/h3-10,15,20H,11-14H2,1-2H3,(H,23,25). The second-order valence-electron chi connectivity index (χ2n) is 6.85. The molecule has 1 aliphatic heterocycles. The van der Waals surface area contributed by atoms with E-state index < -0.39 is 6.10 Å². The van der Waals surface area contributed by atoms with Crippen molar-refractivity contribution in [3.63, 3.8) is 0 Å². The number of likely N-dealkylation sites (tertiary alicyclic amines) is 1. The first-order valence-electron chi connectivity index (χ1n) is 9.18. The number of piperidine rings is 1. The van der Waals surface area contributed by atoms with Crippen LogP contribution in [-0.4, -0.2) is 43.2 Å². The summed E-state index contributed by atoms with van der Waals surface area (Å²) in [7, 11) is 2.13. The number of carbonyl (C=O) groups excluding carboxylic acids is 1. The maximum Gasteiger partial charge on any atom is 0.265 e. The summed E-state index contributed by atoms with van der Waals surface area (Å²) in [5.41, 5.74) is 0.710. The second kappa shape index (κ2) is 9.11. The number of halogens is 1. The Bertz CT molecular complexity index is 741. The number of nitrogens with zero attached hydrogens (tertiary/aromatic N) is 1. The minimum atomic E-state index is -0.624. The molecule has 1 amide bonds. The first-order valence-corrected chi connectivity index (χ1v) is 9.56. The molecule has 1 atom stereocenters. The molecule has 0 spiro atoms. The zero-order valence-electron chi connectivity index (χ0n) is 15.7. The molecule has 0 saturated carbocycles. The van der Waals surface area contributed by atoms with E-state index in [1.54, 1.807) is 31.2 Å². The number of carbonyl (C=O) groups is 1. The van der Waals surface area contributed by atoms with Crippen molar-refractivity contribution in [3.05, 3.63) is 53.6 Å². The van der Waals surface area contributed by atoms with Crippen LogP contribution in [0.3, 0.4) is 0 Å². The fraction of sp³-hybridized carbons (Fsp3) is 0.381. The fourth-order valence-electron chi connectivity index (χ4n) is 2.93. The smallest absolute Gasteiger partial charge is 0.265 e. The van der Waals surface area contributed by atoms with E-state index in [0.717, 1.165) is 31.7 Å². The molecule has 27 heavy (non-hydrogen) atoms. The lowest BCUT2D eigenvalue weighted by atomic mass is 10.1. The summed E-state index contributed by atoms with van der Waals surface area (Å²) in [5.74, 6) is 1.21. The molecule has 2 aromatic rings. The van der Waals surface area contributed by atoms with Gasteiger partial charge in [-0.05, 0) is 75.3 Å². The SMILES string of the molecule is CC(Oc1ccc(Cl)cc1)C(=O)Nc1ccc(OC2CCN(C)CC2)cc1. The van der Waals surface area contributed by atoms with E-state index in [9.17, 15) is 4.79 Å². The summed E-state index contributed by atoms with van der Waals surface area (Å²) < 4.78 is 11.7. The maximum atomic E-state index is 12.3. The van der Waals surface area contributed by atoms with Gasteiger partial charge in [0.05, 0.1) is 0 Å². The molecule has 1 saturated heterocycles. The zero-order chi connectivity index (χ0) is 19.2. The number of hydrogen-bond acceptors (Lipinski definition) is 4. The minimum Gasteiger partial charge on any atom is -0.490 e. The molecular formula is C21H25ClN2O3. The molecule has 0 aromatic heterocycles. The first-order chi connectivity index (χ1) is 13.0. The van der Waals surface area contributed by atoms with Gasteiger partial charge in [0.1, 0.15) is 17.6 Å². The highest BCUT2D eigenvalue weighted by Gasteiger charge is 2.18. The van der Waals surface area contributed by atoms with Crippen molar-refractivity contribution in [2.45, 2.75) is 32.0 Å². The molecule has 1 aliphatic rings. The van der Waals surface area contributed by atoms with Gasteiger partial charge in [0.15, 0.2) is 6.10 Å². The molecule has 0 bridgehead atoms. The number of hydrogen-bond donors (Lipinski definition) is 1. The van der Waals surface area contributed by atoms with Gasteiger partial charge in [0.2, 0.25) is 0 Å². The lowest BCUT2D eigenvalue weighted by Gasteiger charge is -2.29. The van der Waals surface area contributed by atoms with E-state index in [1.165, 1.54) is 0 Å². The quantitative estimate of drug-likeness (QED) is 0.805. The maximum absolute atomic E-state index is 12.3. The van der Waals surface area contributed by atoms with E-state index in [1.807, 2.05) is 24.3 Å². The summed E-state index contributed by atoms with van der Waals surface area (Å²) in [6, 6.07) is 14.4. The molecule has 0 radical (unpaired) electrons. The predicted octanol–water partition coefficient (Wildman–Crippen LogP) is 4.22. The van der Waals surface area contributed by atoms with Crippen LogP contribution in [0.25, 0.3) is 0 Å². The van der Waals surface area contributed by atoms with Crippen LogP contribution in [0.5, 0.6) is 11.5 Å². The molecule has 2 aromatic carbocycles. The van der Waals surface area contributed by atoms with Crippen LogP contribution in [-0.2, 0) is 4.79 Å². The molecule has 6 heteroatoms. The third kappa shape index (κ3) is 5.88. The van der Waals surface area contributed by atoms with Gasteiger partial charge in [0, 0.05) is 23.8 Å². The Kier molecular flexibility index (Phi) is 6.58. The lowest BCUT2D eigenvalue weighted by molar-refractivity contribution is -0.122. The van der Waals surface area contributed by atoms with E-state index in [2.05, 4.69) is 17.3 Å². The Morgan fingerprint density at radius 1 is 1.07 bits per heavy atom. The summed E-state index contributed by atoms with van der Waals surface area (Å²) in [6.07, 6.45) is 1.71. The van der Waals surface area contributed by atoms with Crippen LogP contribution in [0.2, 0.25) is 5.02 Å². The molecule has 1 N–H and O–H groups in total. The number of rotatable bonds is 6. The van der Waals surface area contributed by atoms with Gasteiger partial charge in [-0.3, -0.25) is 4.79 Å². The van der Waals surface area contributed by atoms with Crippen LogP contribution in [0.4, 0.5) is 5.69 Å². The van der Waals surface area contributed by atoms with Crippen LogP contribution in [0.1, 0.15) is 19.8 Å². The molecule has 0 aliphatic carbocycles. The molecule has 5 nitrogen and oxygen atoms in total. The van der Waals surface area contributed by atoms with Crippen molar-refractivity contribution in [1.29, 1.82) is 0 Å². The van der Waals surface area contributed by atoms with Gasteiger partial charge in [-0.15, -0.1) is 0 Å². The van der Waals surface area contributed by atoms with E-state index in [-0.39, 0.29) is 12.0 Å². The van der Waals surface area contributed by atoms with E-state index in [0.29, 0.717) is 16.5 Å². The number of amides is 1. The van der Waals surface area contributed by atoms with E-state index >= 15 is 0 Å². The molecule has 144 valence electrons. The summed E-state index contributed by atoms with van der Waals surface area (Å²) in [5, 5.41) is 3.48. The average molecular weight is 389 g/mol. The van der Waals surface area contributed by atoms with Crippen molar-refractivity contribution in [1.82, 2.24) is 4.90 Å². The number of nitrogens with one attached hydrogen (secondary N) is 1. The zero-order valence-corrected chi connectivity index (χ0v) is 16.4. The van der Waals surface area contributed by atoms with Crippen molar-refractivity contribution in [3.8, 4) is 11.5 Å². The third-order valence-electron chi connectivity index (χ3n) is 4.59. The number of anilines is 1. The Morgan fingerprint density at radius 3 is 2.30 bits per heavy atom. The van der Waals surface area contributed by atoms with Crippen LogP contribution >= 0.6 is 11.6 Å². The molecule has 1 heterocycles. The fourth-order valence-corrected chi connectivity index (χ4v) is 3.05. The van der Waals surface area contributed by atoms with Gasteiger partial charge >= 0.3 is 0 Å². The minimum absolute atomic E-state index is 0.214. The van der Waals surface area contributed by atoms with Crippen molar-refractivity contribution in [2.24, 2.45) is 0 Å². The summed E-state index contributed by atoms with van der Waals surface area (Å²) in [4.78, 5) is 14.6.